The third kappa shape index (κ3) is 4.19. The summed E-state index contributed by atoms with van der Waals surface area (Å²) in [4.78, 5) is 31.0. The summed E-state index contributed by atoms with van der Waals surface area (Å²) < 4.78 is 4.09. The van der Waals surface area contributed by atoms with Crippen LogP contribution < -0.4 is 16.7 Å². The molecule has 0 amide bonds. The maximum atomic E-state index is 12.4. The van der Waals surface area contributed by atoms with Crippen LogP contribution in [-0.4, -0.2) is 25.3 Å². The predicted molar refractivity (Wildman–Crippen MR) is 110 cm³/mol. The minimum Gasteiger partial charge on any atom is -0.303 e. The SMILES string of the molecule is CC(C)CCn1c(N/N=C\c2ccc(Br)cc2)nc2c1c(=O)[nH]c(=O)n2C. The number of imidazole rings is 1. The zero-order chi connectivity index (χ0) is 19.6. The van der Waals surface area contributed by atoms with Crippen LogP contribution in [-0.2, 0) is 13.6 Å². The average Bonchev–Trinajstić information content (AvgIpc) is 2.99. The monoisotopic (exact) mass is 432 g/mol. The van der Waals surface area contributed by atoms with Crippen molar-refractivity contribution in [1.29, 1.82) is 0 Å². The van der Waals surface area contributed by atoms with Crippen molar-refractivity contribution in [1.82, 2.24) is 19.1 Å². The highest BCUT2D eigenvalue weighted by atomic mass is 79.9. The Morgan fingerprint density at radius 3 is 2.67 bits per heavy atom. The molecule has 0 saturated heterocycles. The highest BCUT2D eigenvalue weighted by Crippen LogP contribution is 2.17. The van der Waals surface area contributed by atoms with Crippen LogP contribution in [0, 0.1) is 5.92 Å². The molecule has 0 radical (unpaired) electrons. The number of fused-ring (bicyclic) bond motifs is 1. The van der Waals surface area contributed by atoms with Crippen molar-refractivity contribution >= 4 is 39.3 Å². The summed E-state index contributed by atoms with van der Waals surface area (Å²) in [5.41, 5.74) is 3.57. The third-order valence-corrected chi connectivity index (χ3v) is 4.71. The lowest BCUT2D eigenvalue weighted by molar-refractivity contribution is 0.524. The fourth-order valence-corrected chi connectivity index (χ4v) is 2.90. The van der Waals surface area contributed by atoms with Gasteiger partial charge in [-0.15, -0.1) is 0 Å². The van der Waals surface area contributed by atoms with Crippen LogP contribution in [0.5, 0.6) is 0 Å². The Bertz CT molecular complexity index is 1090. The van der Waals surface area contributed by atoms with E-state index in [9.17, 15) is 9.59 Å². The smallest absolute Gasteiger partial charge is 0.303 e. The molecule has 0 aliphatic heterocycles. The molecular weight excluding hydrogens is 412 g/mol. The fraction of sp³-hybridized carbons (Fsp3) is 0.333. The molecule has 0 aliphatic rings. The first-order valence-electron chi connectivity index (χ1n) is 8.61. The Morgan fingerprint density at radius 2 is 2.00 bits per heavy atom. The molecule has 2 heterocycles. The molecule has 0 spiro atoms. The molecule has 0 unspecified atom stereocenters. The first kappa shape index (κ1) is 19.1. The van der Waals surface area contributed by atoms with Crippen molar-refractivity contribution in [2.45, 2.75) is 26.8 Å². The predicted octanol–water partition coefficient (Wildman–Crippen LogP) is 2.68. The van der Waals surface area contributed by atoms with Gasteiger partial charge in [-0.2, -0.15) is 10.1 Å². The Morgan fingerprint density at radius 1 is 1.30 bits per heavy atom. The molecule has 0 bridgehead atoms. The molecule has 2 N–H and O–H groups in total. The molecule has 3 aromatic rings. The van der Waals surface area contributed by atoms with Gasteiger partial charge < -0.3 is 4.57 Å². The van der Waals surface area contributed by atoms with E-state index in [-0.39, 0.29) is 0 Å². The molecule has 2 aromatic heterocycles. The standard InChI is InChI=1S/C18H21BrN6O2/c1-11(2)8-9-25-14-15(24(3)18(27)22-16(14)26)21-17(25)23-20-10-12-4-6-13(19)7-5-12/h4-7,10-11H,8-9H2,1-3H3,(H,21,23)(H,22,26,27)/b20-10-. The number of aryl methyl sites for hydroxylation is 2. The number of H-pyrrole nitrogens is 1. The zero-order valence-corrected chi connectivity index (χ0v) is 16.9. The van der Waals surface area contributed by atoms with E-state index in [0.717, 1.165) is 16.5 Å². The summed E-state index contributed by atoms with van der Waals surface area (Å²) in [6, 6.07) is 7.69. The topological polar surface area (TPSA) is 97.1 Å². The second-order valence-corrected chi connectivity index (χ2v) is 7.60. The van der Waals surface area contributed by atoms with E-state index in [4.69, 9.17) is 0 Å². The first-order chi connectivity index (χ1) is 12.9. The normalized spacial score (nSPS) is 11.7. The maximum absolute atomic E-state index is 12.4. The van der Waals surface area contributed by atoms with Gasteiger partial charge in [0.2, 0.25) is 5.95 Å². The maximum Gasteiger partial charge on any atom is 0.329 e. The average molecular weight is 433 g/mol. The lowest BCUT2D eigenvalue weighted by atomic mass is 10.1. The molecule has 9 heteroatoms. The molecular formula is C18H21BrN6O2. The van der Waals surface area contributed by atoms with Crippen LogP contribution >= 0.6 is 15.9 Å². The Balaban J connectivity index is 2.00. The van der Waals surface area contributed by atoms with Crippen molar-refractivity contribution in [2.75, 3.05) is 5.43 Å². The van der Waals surface area contributed by atoms with Gasteiger partial charge in [0.25, 0.3) is 5.56 Å². The number of anilines is 1. The van der Waals surface area contributed by atoms with Crippen LogP contribution in [0.15, 0.2) is 43.4 Å². The molecule has 3 rings (SSSR count). The number of aromatic nitrogens is 4. The third-order valence-electron chi connectivity index (χ3n) is 4.19. The van der Waals surface area contributed by atoms with E-state index < -0.39 is 11.2 Å². The molecule has 0 fully saturated rings. The van der Waals surface area contributed by atoms with Crippen LogP contribution in [0.1, 0.15) is 25.8 Å². The van der Waals surface area contributed by atoms with Crippen LogP contribution in [0.3, 0.4) is 0 Å². The van der Waals surface area contributed by atoms with Gasteiger partial charge >= 0.3 is 5.69 Å². The minimum absolute atomic E-state index is 0.328. The number of hydrogen-bond acceptors (Lipinski definition) is 5. The van der Waals surface area contributed by atoms with Gasteiger partial charge in [-0.05, 0) is 30.0 Å². The lowest BCUT2D eigenvalue weighted by Crippen LogP contribution is -2.29. The van der Waals surface area contributed by atoms with Gasteiger partial charge in [-0.1, -0.05) is 41.9 Å². The van der Waals surface area contributed by atoms with Crippen molar-refractivity contribution in [3.05, 3.63) is 55.1 Å². The van der Waals surface area contributed by atoms with Crippen molar-refractivity contribution in [3.63, 3.8) is 0 Å². The molecule has 1 aromatic carbocycles. The molecule has 27 heavy (non-hydrogen) atoms. The Kier molecular flexibility index (Phi) is 5.59. The van der Waals surface area contributed by atoms with E-state index in [2.05, 4.69) is 50.3 Å². The number of hydrazone groups is 1. The number of hydrogen-bond donors (Lipinski definition) is 2. The quantitative estimate of drug-likeness (QED) is 0.462. The second kappa shape index (κ2) is 7.91. The van der Waals surface area contributed by atoms with E-state index in [1.807, 2.05) is 24.3 Å². The summed E-state index contributed by atoms with van der Waals surface area (Å²) in [6.07, 6.45) is 2.53. The van der Waals surface area contributed by atoms with Gasteiger partial charge in [-0.3, -0.25) is 14.3 Å². The summed E-state index contributed by atoms with van der Waals surface area (Å²) in [6.45, 7) is 4.81. The van der Waals surface area contributed by atoms with Crippen LogP contribution in [0.4, 0.5) is 5.95 Å². The number of nitrogens with zero attached hydrogens (tertiary/aromatic N) is 4. The van der Waals surface area contributed by atoms with E-state index in [0.29, 0.717) is 29.6 Å². The fourth-order valence-electron chi connectivity index (χ4n) is 2.64. The molecule has 0 aliphatic carbocycles. The molecule has 0 saturated carbocycles. The molecule has 142 valence electrons. The largest absolute Gasteiger partial charge is 0.329 e. The van der Waals surface area contributed by atoms with E-state index in [1.54, 1.807) is 17.8 Å². The number of halogens is 1. The van der Waals surface area contributed by atoms with Gasteiger partial charge in [0.1, 0.15) is 0 Å². The van der Waals surface area contributed by atoms with Gasteiger partial charge in [0.05, 0.1) is 6.21 Å². The second-order valence-electron chi connectivity index (χ2n) is 6.68. The van der Waals surface area contributed by atoms with E-state index >= 15 is 0 Å². The zero-order valence-electron chi connectivity index (χ0n) is 15.4. The number of aromatic amines is 1. The van der Waals surface area contributed by atoms with Gasteiger partial charge in [0, 0.05) is 18.1 Å². The van der Waals surface area contributed by atoms with Crippen molar-refractivity contribution in [2.24, 2.45) is 18.1 Å². The number of rotatable bonds is 6. The van der Waals surface area contributed by atoms with Gasteiger partial charge in [0.15, 0.2) is 11.2 Å². The molecule has 8 nitrogen and oxygen atoms in total. The molecule has 0 atom stereocenters. The number of benzene rings is 1. The number of nitrogens with one attached hydrogen (secondary N) is 2. The summed E-state index contributed by atoms with van der Waals surface area (Å²) >= 11 is 3.39. The minimum atomic E-state index is -0.495. The highest BCUT2D eigenvalue weighted by Gasteiger charge is 2.17. The lowest BCUT2D eigenvalue weighted by Gasteiger charge is -2.09. The summed E-state index contributed by atoms with van der Waals surface area (Å²) in [5, 5.41) is 4.23. The Labute approximate surface area is 164 Å². The van der Waals surface area contributed by atoms with Crippen molar-refractivity contribution in [3.8, 4) is 0 Å². The van der Waals surface area contributed by atoms with E-state index in [1.165, 1.54) is 4.57 Å². The first-order valence-corrected chi connectivity index (χ1v) is 9.40. The Hall–Kier alpha value is -2.68. The van der Waals surface area contributed by atoms with Crippen LogP contribution in [0.25, 0.3) is 11.2 Å². The van der Waals surface area contributed by atoms with Crippen LogP contribution in [0.2, 0.25) is 0 Å². The highest BCUT2D eigenvalue weighted by molar-refractivity contribution is 9.10. The van der Waals surface area contributed by atoms with Crippen molar-refractivity contribution < 1.29 is 0 Å². The van der Waals surface area contributed by atoms with Gasteiger partial charge in [-0.25, -0.2) is 10.2 Å². The summed E-state index contributed by atoms with van der Waals surface area (Å²) in [5.74, 6) is 0.874. The summed E-state index contributed by atoms with van der Waals surface area (Å²) in [7, 11) is 1.58.